The highest BCUT2D eigenvalue weighted by Gasteiger charge is 2.09. The molecule has 2 N–H and O–H groups in total. The molecule has 0 spiro atoms. The lowest BCUT2D eigenvalue weighted by Crippen LogP contribution is -2.39. The lowest BCUT2D eigenvalue weighted by atomic mass is 10.3. The Morgan fingerprint density at radius 2 is 1.97 bits per heavy atom. The van der Waals surface area contributed by atoms with E-state index in [1.54, 1.807) is 18.2 Å². The number of hydrogen-bond acceptors (Lipinski definition) is 4. The van der Waals surface area contributed by atoms with Gasteiger partial charge in [-0.3, -0.25) is 4.40 Å². The third kappa shape index (κ3) is 6.55. The Balaban J connectivity index is 0.00000300. The molecule has 2 heterocycles. The number of ether oxygens (including phenoxy) is 1. The zero-order valence-electron chi connectivity index (χ0n) is 16.5. The highest BCUT2D eigenvalue weighted by atomic mass is 127. The topological polar surface area (TPSA) is 75.8 Å². The number of aromatic nitrogens is 3. The fraction of sp³-hybridized carbons (Fsp3) is 0.350. The summed E-state index contributed by atoms with van der Waals surface area (Å²) in [4.78, 5) is 4.52. The van der Waals surface area contributed by atoms with Gasteiger partial charge >= 0.3 is 0 Å². The summed E-state index contributed by atoms with van der Waals surface area (Å²) in [6.07, 6.45) is 2.40. The summed E-state index contributed by atoms with van der Waals surface area (Å²) in [5.74, 6) is 1.43. The molecule has 9 heteroatoms. The third-order valence-corrected chi connectivity index (χ3v) is 4.04. The summed E-state index contributed by atoms with van der Waals surface area (Å²) < 4.78 is 21.3. The van der Waals surface area contributed by atoms with Crippen LogP contribution in [0.2, 0.25) is 0 Å². The predicted octanol–water partition coefficient (Wildman–Crippen LogP) is 3.05. The van der Waals surface area contributed by atoms with Gasteiger partial charge in [-0.2, -0.15) is 0 Å². The molecule has 0 radical (unpaired) electrons. The number of rotatable bonds is 8. The average Bonchev–Trinajstić information content (AvgIpc) is 3.11. The van der Waals surface area contributed by atoms with Crippen molar-refractivity contribution < 1.29 is 9.13 Å². The Morgan fingerprint density at radius 3 is 2.76 bits per heavy atom. The molecule has 0 saturated heterocycles. The second kappa shape index (κ2) is 11.5. The Labute approximate surface area is 186 Å². The maximum atomic E-state index is 13.7. The van der Waals surface area contributed by atoms with E-state index in [0.29, 0.717) is 25.5 Å². The molecule has 156 valence electrons. The standard InChI is InChI=1S/C20H25FN6O.HI/c1-3-22-20(24-14-15(2)28-17-9-5-4-8-16(17)21)23-12-11-19-26-25-18-10-6-7-13-27(18)19;/h4-10,13,15H,3,11-12,14H2,1-2H3,(H2,22,23,24);1H. The number of para-hydroxylation sites is 1. The number of nitrogens with one attached hydrogen (secondary N) is 2. The molecule has 3 aromatic rings. The molecule has 2 aromatic heterocycles. The number of benzene rings is 1. The van der Waals surface area contributed by atoms with Gasteiger partial charge in [-0.15, -0.1) is 34.2 Å². The predicted molar refractivity (Wildman–Crippen MR) is 123 cm³/mol. The van der Waals surface area contributed by atoms with Crippen LogP contribution in [0.3, 0.4) is 0 Å². The van der Waals surface area contributed by atoms with Crippen molar-refractivity contribution in [1.82, 2.24) is 25.2 Å². The minimum atomic E-state index is -0.371. The van der Waals surface area contributed by atoms with E-state index in [4.69, 9.17) is 4.74 Å². The van der Waals surface area contributed by atoms with Crippen LogP contribution in [0, 0.1) is 5.82 Å². The summed E-state index contributed by atoms with van der Waals surface area (Å²) in [5, 5.41) is 14.9. The Kier molecular flexibility index (Phi) is 9.10. The van der Waals surface area contributed by atoms with Crippen molar-refractivity contribution in [2.45, 2.75) is 26.4 Å². The lowest BCUT2D eigenvalue weighted by Gasteiger charge is -2.15. The lowest BCUT2D eigenvalue weighted by molar-refractivity contribution is 0.220. The van der Waals surface area contributed by atoms with Crippen molar-refractivity contribution in [3.05, 3.63) is 60.3 Å². The number of guanidine groups is 1. The normalized spacial score (nSPS) is 12.3. The van der Waals surface area contributed by atoms with E-state index in [0.717, 1.165) is 18.0 Å². The van der Waals surface area contributed by atoms with Crippen LogP contribution in [-0.2, 0) is 6.42 Å². The van der Waals surface area contributed by atoms with Gasteiger partial charge in [0.2, 0.25) is 0 Å². The van der Waals surface area contributed by atoms with Crippen LogP contribution in [0.25, 0.3) is 5.65 Å². The first-order valence-electron chi connectivity index (χ1n) is 9.39. The van der Waals surface area contributed by atoms with Crippen LogP contribution in [-0.4, -0.2) is 46.3 Å². The number of nitrogens with zero attached hydrogens (tertiary/aromatic N) is 4. The van der Waals surface area contributed by atoms with Crippen LogP contribution >= 0.6 is 24.0 Å². The number of aliphatic imine (C=N–C) groups is 1. The highest BCUT2D eigenvalue weighted by Crippen LogP contribution is 2.16. The Hall–Kier alpha value is -2.43. The van der Waals surface area contributed by atoms with Crippen LogP contribution in [0.4, 0.5) is 4.39 Å². The van der Waals surface area contributed by atoms with E-state index in [1.807, 2.05) is 42.6 Å². The monoisotopic (exact) mass is 512 g/mol. The summed E-state index contributed by atoms with van der Waals surface area (Å²) >= 11 is 0. The first-order valence-corrected chi connectivity index (χ1v) is 9.39. The van der Waals surface area contributed by atoms with E-state index in [-0.39, 0.29) is 41.6 Å². The van der Waals surface area contributed by atoms with E-state index in [2.05, 4.69) is 25.8 Å². The number of fused-ring (bicyclic) bond motifs is 1. The van der Waals surface area contributed by atoms with Gasteiger partial charge in [0.05, 0.1) is 6.54 Å². The van der Waals surface area contributed by atoms with Crippen molar-refractivity contribution in [2.75, 3.05) is 19.6 Å². The maximum Gasteiger partial charge on any atom is 0.191 e. The van der Waals surface area contributed by atoms with Gasteiger partial charge in [-0.25, -0.2) is 9.38 Å². The smallest absolute Gasteiger partial charge is 0.191 e. The first kappa shape index (κ1) is 22.9. The van der Waals surface area contributed by atoms with Crippen molar-refractivity contribution >= 4 is 35.6 Å². The van der Waals surface area contributed by atoms with E-state index in [9.17, 15) is 4.39 Å². The molecule has 1 unspecified atom stereocenters. The van der Waals surface area contributed by atoms with Gasteiger partial charge in [0.25, 0.3) is 0 Å². The molecular weight excluding hydrogens is 486 g/mol. The molecule has 0 saturated carbocycles. The fourth-order valence-electron chi connectivity index (χ4n) is 2.71. The molecule has 0 aliphatic heterocycles. The van der Waals surface area contributed by atoms with Crippen LogP contribution in [0.5, 0.6) is 5.75 Å². The van der Waals surface area contributed by atoms with Crippen LogP contribution in [0.1, 0.15) is 19.7 Å². The quantitative estimate of drug-likeness (QED) is 0.276. The summed E-state index contributed by atoms with van der Waals surface area (Å²) in [7, 11) is 0. The van der Waals surface area contributed by atoms with Crippen molar-refractivity contribution in [1.29, 1.82) is 0 Å². The number of halogens is 2. The summed E-state index contributed by atoms with van der Waals surface area (Å²) in [6.45, 7) is 5.66. The van der Waals surface area contributed by atoms with Crippen LogP contribution in [0.15, 0.2) is 53.7 Å². The zero-order valence-corrected chi connectivity index (χ0v) is 18.8. The SMILES string of the molecule is CCNC(=NCC(C)Oc1ccccc1F)NCCc1nnc2ccccn12.I. The number of pyridine rings is 1. The average molecular weight is 512 g/mol. The third-order valence-electron chi connectivity index (χ3n) is 4.04. The second-order valence-corrected chi connectivity index (χ2v) is 6.30. The number of hydrogen-bond donors (Lipinski definition) is 2. The van der Waals surface area contributed by atoms with Gasteiger partial charge in [0.15, 0.2) is 23.2 Å². The second-order valence-electron chi connectivity index (χ2n) is 6.30. The van der Waals surface area contributed by atoms with Crippen molar-refractivity contribution in [3.8, 4) is 5.75 Å². The van der Waals surface area contributed by atoms with E-state index in [1.165, 1.54) is 6.07 Å². The first-order chi connectivity index (χ1) is 13.7. The molecule has 29 heavy (non-hydrogen) atoms. The molecule has 0 aliphatic carbocycles. The summed E-state index contributed by atoms with van der Waals surface area (Å²) in [5.41, 5.74) is 0.831. The minimum Gasteiger partial charge on any atom is -0.486 e. The molecule has 0 amide bonds. The molecule has 0 fully saturated rings. The van der Waals surface area contributed by atoms with E-state index < -0.39 is 0 Å². The maximum absolute atomic E-state index is 13.7. The minimum absolute atomic E-state index is 0. The Morgan fingerprint density at radius 1 is 1.17 bits per heavy atom. The van der Waals surface area contributed by atoms with E-state index >= 15 is 0 Å². The van der Waals surface area contributed by atoms with Gasteiger partial charge in [-0.05, 0) is 38.1 Å². The molecule has 0 bridgehead atoms. The molecule has 7 nitrogen and oxygen atoms in total. The van der Waals surface area contributed by atoms with Gasteiger partial charge in [-0.1, -0.05) is 18.2 Å². The molecule has 1 aromatic carbocycles. The van der Waals surface area contributed by atoms with Gasteiger partial charge in [0.1, 0.15) is 11.9 Å². The molecule has 1 atom stereocenters. The highest BCUT2D eigenvalue weighted by molar-refractivity contribution is 14.0. The van der Waals surface area contributed by atoms with Gasteiger partial charge in [0, 0.05) is 25.7 Å². The zero-order chi connectivity index (χ0) is 19.8. The Bertz CT molecular complexity index is 932. The molecule has 3 rings (SSSR count). The van der Waals surface area contributed by atoms with Crippen LogP contribution < -0.4 is 15.4 Å². The molecule has 0 aliphatic rings. The van der Waals surface area contributed by atoms with Gasteiger partial charge < -0.3 is 15.4 Å². The van der Waals surface area contributed by atoms with Crippen molar-refractivity contribution in [3.63, 3.8) is 0 Å². The van der Waals surface area contributed by atoms with Crippen molar-refractivity contribution in [2.24, 2.45) is 4.99 Å². The molecular formula is C20H26FIN6O. The fourth-order valence-corrected chi connectivity index (χ4v) is 2.71. The summed E-state index contributed by atoms with van der Waals surface area (Å²) in [6, 6.07) is 12.2. The largest absolute Gasteiger partial charge is 0.486 e.